The number of halogens is 4. The summed E-state index contributed by atoms with van der Waals surface area (Å²) in [6.45, 7) is 7.21. The average Bonchev–Trinajstić information content (AvgIpc) is 2.49. The fourth-order valence-electron chi connectivity index (χ4n) is 1.73. The molecular formula is C12H14BF4NO3. The molecule has 0 unspecified atom stereocenters. The van der Waals surface area contributed by atoms with Crippen LogP contribution in [0.2, 0.25) is 0 Å². The van der Waals surface area contributed by atoms with Gasteiger partial charge in [0.1, 0.15) is 0 Å². The highest BCUT2D eigenvalue weighted by Crippen LogP contribution is 2.36. The van der Waals surface area contributed by atoms with E-state index in [-0.39, 0.29) is 5.46 Å². The number of nitrogens with zero attached hydrogens (tertiary/aromatic N) is 1. The summed E-state index contributed by atoms with van der Waals surface area (Å²) in [6.07, 6.45) is -3.97. The van der Waals surface area contributed by atoms with Crippen LogP contribution in [0.15, 0.2) is 12.3 Å². The van der Waals surface area contributed by atoms with Gasteiger partial charge in [-0.2, -0.15) is 0 Å². The molecule has 1 fully saturated rings. The first-order valence-electron chi connectivity index (χ1n) is 6.18. The van der Waals surface area contributed by atoms with Gasteiger partial charge in [0.05, 0.1) is 11.2 Å². The highest BCUT2D eigenvalue weighted by Gasteiger charge is 2.52. The van der Waals surface area contributed by atoms with Crippen LogP contribution >= 0.6 is 0 Å². The van der Waals surface area contributed by atoms with Crippen LogP contribution in [0.25, 0.3) is 0 Å². The molecule has 0 amide bonds. The Hall–Kier alpha value is -1.35. The molecule has 0 bridgehead atoms. The van der Waals surface area contributed by atoms with Crippen molar-refractivity contribution in [2.45, 2.75) is 45.3 Å². The molecular weight excluding hydrogens is 293 g/mol. The van der Waals surface area contributed by atoms with Gasteiger partial charge in [0.15, 0.2) is 5.82 Å². The highest BCUT2D eigenvalue weighted by molar-refractivity contribution is 6.62. The summed E-state index contributed by atoms with van der Waals surface area (Å²) in [4.78, 5) is 3.33. The van der Waals surface area contributed by atoms with E-state index in [1.54, 1.807) is 27.7 Å². The van der Waals surface area contributed by atoms with Crippen molar-refractivity contribution in [3.63, 3.8) is 0 Å². The molecule has 0 N–H and O–H groups in total. The first kappa shape index (κ1) is 16.0. The van der Waals surface area contributed by atoms with Gasteiger partial charge in [-0.1, -0.05) is 0 Å². The minimum absolute atomic E-state index is 0.181. The molecule has 0 aromatic carbocycles. The van der Waals surface area contributed by atoms with Crippen LogP contribution in [0.3, 0.4) is 0 Å². The molecule has 9 heteroatoms. The Balaban J connectivity index is 2.22. The molecule has 2 heterocycles. The predicted molar refractivity (Wildman–Crippen MR) is 66.6 cm³/mol. The van der Waals surface area contributed by atoms with E-state index in [1.807, 2.05) is 0 Å². The molecule has 116 valence electrons. The van der Waals surface area contributed by atoms with Crippen molar-refractivity contribution in [1.82, 2.24) is 4.98 Å². The molecule has 2 rings (SSSR count). The zero-order valence-corrected chi connectivity index (χ0v) is 11.9. The molecule has 0 atom stereocenters. The number of hydrogen-bond donors (Lipinski definition) is 0. The maximum atomic E-state index is 13.6. The van der Waals surface area contributed by atoms with Gasteiger partial charge in [-0.05, 0) is 33.8 Å². The van der Waals surface area contributed by atoms with Crippen molar-refractivity contribution in [3.05, 3.63) is 18.1 Å². The van der Waals surface area contributed by atoms with Crippen LogP contribution in [0, 0.1) is 5.82 Å². The second kappa shape index (κ2) is 4.84. The Morgan fingerprint density at radius 3 is 2.10 bits per heavy atom. The van der Waals surface area contributed by atoms with Crippen LogP contribution in [-0.4, -0.2) is 29.7 Å². The van der Waals surface area contributed by atoms with E-state index in [4.69, 9.17) is 9.31 Å². The van der Waals surface area contributed by atoms with Crippen molar-refractivity contribution in [1.29, 1.82) is 0 Å². The van der Waals surface area contributed by atoms with Crippen molar-refractivity contribution in [2.24, 2.45) is 0 Å². The van der Waals surface area contributed by atoms with Crippen molar-refractivity contribution in [3.8, 4) is 5.88 Å². The summed E-state index contributed by atoms with van der Waals surface area (Å²) in [5.74, 6) is -2.37. The third-order valence-electron chi connectivity index (χ3n) is 3.57. The van der Waals surface area contributed by atoms with E-state index in [2.05, 4.69) is 9.72 Å². The fourth-order valence-corrected chi connectivity index (χ4v) is 1.73. The Bertz CT molecular complexity index is 532. The largest absolute Gasteiger partial charge is 0.574 e. The Labute approximate surface area is 119 Å². The van der Waals surface area contributed by atoms with Gasteiger partial charge in [-0.25, -0.2) is 9.37 Å². The molecule has 1 aromatic rings. The summed E-state index contributed by atoms with van der Waals surface area (Å²) in [7, 11) is -0.906. The van der Waals surface area contributed by atoms with Crippen LogP contribution in [0.1, 0.15) is 27.7 Å². The quantitative estimate of drug-likeness (QED) is 0.621. The molecule has 21 heavy (non-hydrogen) atoms. The lowest BCUT2D eigenvalue weighted by Crippen LogP contribution is -2.41. The summed E-state index contributed by atoms with van der Waals surface area (Å²) < 4.78 is 64.5. The lowest BCUT2D eigenvalue weighted by Gasteiger charge is -2.32. The molecule has 1 aliphatic rings. The van der Waals surface area contributed by atoms with Crippen LogP contribution < -0.4 is 10.2 Å². The third kappa shape index (κ3) is 3.29. The van der Waals surface area contributed by atoms with Gasteiger partial charge in [0.2, 0.25) is 0 Å². The van der Waals surface area contributed by atoms with Gasteiger partial charge >= 0.3 is 13.5 Å². The fraction of sp³-hybridized carbons (Fsp3) is 0.583. The second-order valence-electron chi connectivity index (χ2n) is 5.69. The van der Waals surface area contributed by atoms with Gasteiger partial charge in [-0.15, -0.1) is 13.2 Å². The van der Waals surface area contributed by atoms with E-state index in [0.29, 0.717) is 0 Å². The standard InChI is InChI=1S/C12H14BF4NO3/c1-10(2)11(3,4)21-13(20-10)7-5-8(14)9(18-6-7)19-12(15,16)17/h5-6H,1-4H3. The van der Waals surface area contributed by atoms with Crippen LogP contribution in [0.4, 0.5) is 17.6 Å². The zero-order chi connectivity index (χ0) is 16.1. The number of aromatic nitrogens is 1. The number of alkyl halides is 3. The van der Waals surface area contributed by atoms with Crippen molar-refractivity contribution in [2.75, 3.05) is 0 Å². The number of pyridine rings is 1. The zero-order valence-electron chi connectivity index (χ0n) is 11.9. The lowest BCUT2D eigenvalue weighted by molar-refractivity contribution is -0.277. The first-order chi connectivity index (χ1) is 9.41. The highest BCUT2D eigenvalue weighted by atomic mass is 19.4. The molecule has 0 radical (unpaired) electrons. The summed E-state index contributed by atoms with van der Waals surface area (Å²) >= 11 is 0. The van der Waals surface area contributed by atoms with E-state index in [0.717, 1.165) is 12.3 Å². The van der Waals surface area contributed by atoms with E-state index < -0.39 is 36.4 Å². The molecule has 0 spiro atoms. The maximum Gasteiger partial charge on any atom is 0.574 e. The predicted octanol–water partition coefficient (Wildman–Crippen LogP) is 2.42. The number of hydrogen-bond acceptors (Lipinski definition) is 4. The Morgan fingerprint density at radius 1 is 1.14 bits per heavy atom. The number of ether oxygens (including phenoxy) is 1. The molecule has 0 saturated carbocycles. The van der Waals surface area contributed by atoms with Crippen LogP contribution in [0.5, 0.6) is 5.88 Å². The van der Waals surface area contributed by atoms with Crippen molar-refractivity contribution < 1.29 is 31.6 Å². The molecule has 1 saturated heterocycles. The minimum atomic E-state index is -5.00. The molecule has 1 aliphatic heterocycles. The molecule has 1 aromatic heterocycles. The monoisotopic (exact) mass is 307 g/mol. The topological polar surface area (TPSA) is 40.6 Å². The van der Waals surface area contributed by atoms with Gasteiger partial charge in [0.25, 0.3) is 5.88 Å². The normalized spacial score (nSPS) is 20.7. The second-order valence-corrected chi connectivity index (χ2v) is 5.69. The maximum absolute atomic E-state index is 13.6. The Morgan fingerprint density at radius 2 is 1.67 bits per heavy atom. The summed E-state index contributed by atoms with van der Waals surface area (Å²) in [6, 6.07) is 0.857. The summed E-state index contributed by atoms with van der Waals surface area (Å²) in [5.41, 5.74) is -1.11. The van der Waals surface area contributed by atoms with E-state index >= 15 is 0 Å². The van der Waals surface area contributed by atoms with Gasteiger partial charge < -0.3 is 14.0 Å². The van der Waals surface area contributed by atoms with Crippen LogP contribution in [-0.2, 0) is 9.31 Å². The average molecular weight is 307 g/mol. The SMILES string of the molecule is CC1(C)OB(c2cnc(OC(F)(F)F)c(F)c2)OC1(C)C. The van der Waals surface area contributed by atoms with Gasteiger partial charge in [-0.3, -0.25) is 0 Å². The molecule has 4 nitrogen and oxygen atoms in total. The van der Waals surface area contributed by atoms with Gasteiger partial charge in [0, 0.05) is 11.7 Å². The van der Waals surface area contributed by atoms with E-state index in [9.17, 15) is 17.6 Å². The minimum Gasteiger partial charge on any atom is -0.399 e. The Kier molecular flexibility index (Phi) is 3.70. The first-order valence-corrected chi connectivity index (χ1v) is 6.18. The third-order valence-corrected chi connectivity index (χ3v) is 3.57. The van der Waals surface area contributed by atoms with E-state index in [1.165, 1.54) is 0 Å². The lowest BCUT2D eigenvalue weighted by atomic mass is 9.80. The van der Waals surface area contributed by atoms with Crippen molar-refractivity contribution >= 4 is 12.6 Å². The smallest absolute Gasteiger partial charge is 0.399 e. The molecule has 0 aliphatic carbocycles. The number of rotatable bonds is 2. The summed E-state index contributed by atoms with van der Waals surface area (Å²) in [5, 5.41) is 0.